The van der Waals surface area contributed by atoms with Gasteiger partial charge in [0.05, 0.1) is 0 Å². The summed E-state index contributed by atoms with van der Waals surface area (Å²) in [6.07, 6.45) is 0. The monoisotopic (exact) mass is 217 g/mol. The van der Waals surface area contributed by atoms with E-state index in [4.69, 9.17) is 0 Å². The van der Waals surface area contributed by atoms with Crippen molar-refractivity contribution >= 4 is 10.0 Å². The zero-order valence-electron chi connectivity index (χ0n) is 8.28. The summed E-state index contributed by atoms with van der Waals surface area (Å²) in [6, 6.07) is 4.20. The van der Waals surface area contributed by atoms with E-state index in [-0.39, 0.29) is 4.90 Å². The van der Waals surface area contributed by atoms with Gasteiger partial charge in [-0.2, -0.15) is 0 Å². The second-order valence-electron chi connectivity index (χ2n) is 3.17. The number of hydrogen-bond acceptors (Lipinski definition) is 2. The van der Waals surface area contributed by atoms with Crippen LogP contribution in [0, 0.1) is 12.7 Å². The molecule has 0 atom stereocenters. The molecule has 0 spiro atoms. The van der Waals surface area contributed by atoms with Crippen LogP contribution in [0.4, 0.5) is 4.39 Å². The summed E-state index contributed by atoms with van der Waals surface area (Å²) in [5, 5.41) is 0. The number of halogens is 1. The van der Waals surface area contributed by atoms with Crippen LogP contribution in [0.5, 0.6) is 0 Å². The van der Waals surface area contributed by atoms with Crippen LogP contribution in [0.3, 0.4) is 0 Å². The maximum Gasteiger partial charge on any atom is 0.245 e. The van der Waals surface area contributed by atoms with Crippen molar-refractivity contribution in [2.24, 2.45) is 0 Å². The van der Waals surface area contributed by atoms with Gasteiger partial charge in [-0.1, -0.05) is 12.1 Å². The van der Waals surface area contributed by atoms with Gasteiger partial charge in [-0.05, 0) is 18.6 Å². The highest BCUT2D eigenvalue weighted by Crippen LogP contribution is 2.20. The number of benzene rings is 1. The van der Waals surface area contributed by atoms with Gasteiger partial charge in [0.1, 0.15) is 10.7 Å². The zero-order chi connectivity index (χ0) is 10.9. The maximum absolute atomic E-state index is 13.3. The molecule has 0 aromatic heterocycles. The molecule has 0 saturated heterocycles. The number of rotatable bonds is 2. The first-order valence-corrected chi connectivity index (χ1v) is 5.49. The van der Waals surface area contributed by atoms with Gasteiger partial charge in [-0.15, -0.1) is 0 Å². The molecular formula is C9H12FNO2S. The first-order chi connectivity index (χ1) is 6.37. The lowest BCUT2D eigenvalue weighted by Crippen LogP contribution is -2.24. The van der Waals surface area contributed by atoms with E-state index in [0.717, 1.165) is 10.4 Å². The lowest BCUT2D eigenvalue weighted by molar-refractivity contribution is 0.506. The van der Waals surface area contributed by atoms with Gasteiger partial charge in [0.2, 0.25) is 10.0 Å². The lowest BCUT2D eigenvalue weighted by Gasteiger charge is -2.13. The molecule has 1 aromatic carbocycles. The predicted molar refractivity (Wildman–Crippen MR) is 52.0 cm³/mol. The molecular weight excluding hydrogens is 205 g/mol. The van der Waals surface area contributed by atoms with E-state index < -0.39 is 15.8 Å². The third kappa shape index (κ3) is 1.78. The van der Waals surface area contributed by atoms with Crippen LogP contribution >= 0.6 is 0 Å². The number of hydrogen-bond donors (Lipinski definition) is 0. The Morgan fingerprint density at radius 2 is 1.86 bits per heavy atom. The van der Waals surface area contributed by atoms with E-state index in [1.165, 1.54) is 20.2 Å². The number of sulfonamides is 1. The summed E-state index contributed by atoms with van der Waals surface area (Å²) in [6.45, 7) is 1.57. The SMILES string of the molecule is Cc1cccc(F)c1S(=O)(=O)N(C)C. The second kappa shape index (κ2) is 3.67. The fraction of sp³-hybridized carbons (Fsp3) is 0.333. The Labute approximate surface area is 83.2 Å². The van der Waals surface area contributed by atoms with E-state index in [0.29, 0.717) is 5.56 Å². The highest BCUT2D eigenvalue weighted by atomic mass is 32.2. The van der Waals surface area contributed by atoms with Gasteiger partial charge in [0.15, 0.2) is 0 Å². The van der Waals surface area contributed by atoms with Gasteiger partial charge >= 0.3 is 0 Å². The Hall–Kier alpha value is -0.940. The average Bonchev–Trinajstić information content (AvgIpc) is 2.02. The van der Waals surface area contributed by atoms with Crippen molar-refractivity contribution in [2.45, 2.75) is 11.8 Å². The largest absolute Gasteiger partial charge is 0.245 e. The standard InChI is InChI=1S/C9H12FNO2S/c1-7-5-4-6-8(10)9(7)14(12,13)11(2)3/h4-6H,1-3H3. The highest BCUT2D eigenvalue weighted by molar-refractivity contribution is 7.89. The zero-order valence-corrected chi connectivity index (χ0v) is 9.10. The summed E-state index contributed by atoms with van der Waals surface area (Å²) < 4.78 is 37.6. The van der Waals surface area contributed by atoms with Crippen molar-refractivity contribution in [2.75, 3.05) is 14.1 Å². The first kappa shape index (κ1) is 11.1. The fourth-order valence-corrected chi connectivity index (χ4v) is 2.28. The molecule has 0 unspecified atom stereocenters. The third-order valence-corrected chi connectivity index (χ3v) is 3.90. The molecule has 0 amide bonds. The molecule has 78 valence electrons. The topological polar surface area (TPSA) is 37.4 Å². The van der Waals surface area contributed by atoms with Gasteiger partial charge in [0.25, 0.3) is 0 Å². The summed E-state index contributed by atoms with van der Waals surface area (Å²) in [5.41, 5.74) is 0.415. The van der Waals surface area contributed by atoms with Crippen LogP contribution in [0.25, 0.3) is 0 Å². The molecule has 3 nitrogen and oxygen atoms in total. The minimum absolute atomic E-state index is 0.245. The summed E-state index contributed by atoms with van der Waals surface area (Å²) in [7, 11) is -0.927. The molecule has 0 bridgehead atoms. The molecule has 0 heterocycles. The Morgan fingerprint density at radius 1 is 1.29 bits per heavy atom. The van der Waals surface area contributed by atoms with E-state index in [9.17, 15) is 12.8 Å². The maximum atomic E-state index is 13.3. The van der Waals surface area contributed by atoms with Crippen molar-refractivity contribution in [3.63, 3.8) is 0 Å². The van der Waals surface area contributed by atoms with Crippen LogP contribution in [0.15, 0.2) is 23.1 Å². The molecule has 0 aliphatic carbocycles. The van der Waals surface area contributed by atoms with Crippen LogP contribution in [-0.4, -0.2) is 26.8 Å². The molecule has 0 aliphatic rings. The molecule has 0 radical (unpaired) electrons. The Morgan fingerprint density at radius 3 is 2.29 bits per heavy atom. The summed E-state index contributed by atoms with van der Waals surface area (Å²) in [4.78, 5) is -0.245. The molecule has 14 heavy (non-hydrogen) atoms. The predicted octanol–water partition coefficient (Wildman–Crippen LogP) is 1.38. The van der Waals surface area contributed by atoms with Gasteiger partial charge < -0.3 is 0 Å². The van der Waals surface area contributed by atoms with Crippen molar-refractivity contribution in [1.82, 2.24) is 4.31 Å². The first-order valence-electron chi connectivity index (χ1n) is 4.05. The van der Waals surface area contributed by atoms with Crippen molar-refractivity contribution in [1.29, 1.82) is 0 Å². The number of nitrogens with zero attached hydrogens (tertiary/aromatic N) is 1. The van der Waals surface area contributed by atoms with Gasteiger partial charge in [-0.25, -0.2) is 17.1 Å². The van der Waals surface area contributed by atoms with Gasteiger partial charge in [-0.3, -0.25) is 0 Å². The molecule has 0 aliphatic heterocycles. The molecule has 1 aromatic rings. The Kier molecular flexibility index (Phi) is 2.92. The second-order valence-corrected chi connectivity index (χ2v) is 5.26. The molecule has 0 saturated carbocycles. The van der Waals surface area contributed by atoms with Crippen molar-refractivity contribution < 1.29 is 12.8 Å². The van der Waals surface area contributed by atoms with E-state index in [1.807, 2.05) is 0 Å². The van der Waals surface area contributed by atoms with Crippen LogP contribution in [0.1, 0.15) is 5.56 Å². The molecule has 5 heteroatoms. The van der Waals surface area contributed by atoms with Crippen LogP contribution in [0.2, 0.25) is 0 Å². The molecule has 0 fully saturated rings. The summed E-state index contributed by atoms with van der Waals surface area (Å²) in [5.74, 6) is -0.710. The van der Waals surface area contributed by atoms with Crippen LogP contribution in [-0.2, 0) is 10.0 Å². The normalized spacial score (nSPS) is 12.1. The summed E-state index contributed by atoms with van der Waals surface area (Å²) >= 11 is 0. The van der Waals surface area contributed by atoms with Crippen molar-refractivity contribution in [3.8, 4) is 0 Å². The minimum Gasteiger partial charge on any atom is -0.207 e. The van der Waals surface area contributed by atoms with E-state index >= 15 is 0 Å². The Balaban J connectivity index is 3.48. The lowest BCUT2D eigenvalue weighted by atomic mass is 10.2. The average molecular weight is 217 g/mol. The molecule has 1 rings (SSSR count). The molecule has 0 N–H and O–H groups in total. The van der Waals surface area contributed by atoms with Crippen LogP contribution < -0.4 is 0 Å². The number of aryl methyl sites for hydroxylation is 1. The minimum atomic E-state index is -3.68. The van der Waals surface area contributed by atoms with E-state index in [2.05, 4.69) is 0 Å². The smallest absolute Gasteiger partial charge is 0.207 e. The van der Waals surface area contributed by atoms with Crippen molar-refractivity contribution in [3.05, 3.63) is 29.6 Å². The Bertz CT molecular complexity index is 420. The highest BCUT2D eigenvalue weighted by Gasteiger charge is 2.23. The third-order valence-electron chi connectivity index (χ3n) is 1.90. The quantitative estimate of drug-likeness (QED) is 0.750. The van der Waals surface area contributed by atoms with E-state index in [1.54, 1.807) is 13.0 Å². The van der Waals surface area contributed by atoms with Gasteiger partial charge in [0, 0.05) is 14.1 Å². The fourth-order valence-electron chi connectivity index (χ4n) is 1.13.